The van der Waals surface area contributed by atoms with E-state index in [0.29, 0.717) is 12.1 Å². The predicted octanol–water partition coefficient (Wildman–Crippen LogP) is 3.02. The highest BCUT2D eigenvalue weighted by molar-refractivity contribution is 5.94. The molecule has 1 amide bonds. The third-order valence-corrected chi connectivity index (χ3v) is 2.33. The van der Waals surface area contributed by atoms with Gasteiger partial charge in [-0.2, -0.15) is 0 Å². The Morgan fingerprint density at radius 3 is 2.76 bits per heavy atom. The van der Waals surface area contributed by atoms with Gasteiger partial charge in [0.25, 0.3) is 5.91 Å². The molecule has 0 saturated carbocycles. The van der Waals surface area contributed by atoms with E-state index in [9.17, 15) is 4.79 Å². The highest BCUT2D eigenvalue weighted by Crippen LogP contribution is 2.04. The van der Waals surface area contributed by atoms with Gasteiger partial charge in [0.05, 0.1) is 0 Å². The summed E-state index contributed by atoms with van der Waals surface area (Å²) in [6.45, 7) is 9.71. The first kappa shape index (κ1) is 13.0. The van der Waals surface area contributed by atoms with E-state index in [1.165, 1.54) is 0 Å². The van der Waals surface area contributed by atoms with Gasteiger partial charge in [-0.3, -0.25) is 4.79 Å². The molecule has 1 aromatic rings. The van der Waals surface area contributed by atoms with Gasteiger partial charge in [-0.1, -0.05) is 49.1 Å². The second kappa shape index (κ2) is 6.48. The van der Waals surface area contributed by atoms with E-state index < -0.39 is 0 Å². The lowest BCUT2D eigenvalue weighted by Crippen LogP contribution is -2.25. The fourth-order valence-corrected chi connectivity index (χ4v) is 1.42. The maximum absolute atomic E-state index is 11.8. The van der Waals surface area contributed by atoms with Crippen LogP contribution in [0.3, 0.4) is 0 Å². The Morgan fingerprint density at radius 2 is 2.18 bits per heavy atom. The lowest BCUT2D eigenvalue weighted by atomic mass is 10.1. The van der Waals surface area contributed by atoms with Gasteiger partial charge < -0.3 is 5.32 Å². The quantitative estimate of drug-likeness (QED) is 0.770. The predicted molar refractivity (Wildman–Crippen MR) is 72.0 cm³/mol. The van der Waals surface area contributed by atoms with E-state index in [0.717, 1.165) is 11.1 Å². The van der Waals surface area contributed by atoms with Crippen molar-refractivity contribution >= 4 is 5.91 Å². The Labute approximate surface area is 102 Å². The summed E-state index contributed by atoms with van der Waals surface area (Å²) in [5.74, 6) is -0.0782. The Hall–Kier alpha value is -2.09. The van der Waals surface area contributed by atoms with Crippen molar-refractivity contribution in [2.24, 2.45) is 0 Å². The number of hydrogen-bond donors (Lipinski definition) is 1. The molecule has 2 nitrogen and oxygen atoms in total. The number of hydrogen-bond acceptors (Lipinski definition) is 1. The minimum absolute atomic E-state index is 0.0782. The smallest absolute Gasteiger partial charge is 0.251 e. The number of amides is 1. The van der Waals surface area contributed by atoms with Crippen molar-refractivity contribution in [3.8, 4) is 0 Å². The Bertz CT molecular complexity index is 458. The largest absolute Gasteiger partial charge is 0.348 e. The first-order valence-corrected chi connectivity index (χ1v) is 5.46. The van der Waals surface area contributed by atoms with Crippen LogP contribution in [0.5, 0.6) is 0 Å². The summed E-state index contributed by atoms with van der Waals surface area (Å²) in [7, 11) is 0. The minimum Gasteiger partial charge on any atom is -0.348 e. The number of carbonyl (C=O) groups is 1. The van der Waals surface area contributed by atoms with Crippen LogP contribution in [0.1, 0.15) is 15.9 Å². The average molecular weight is 227 g/mol. The molecular formula is C15H17NO. The van der Waals surface area contributed by atoms with Crippen molar-refractivity contribution in [3.05, 3.63) is 72.4 Å². The summed E-state index contributed by atoms with van der Waals surface area (Å²) in [6.07, 6.45) is 5.21. The van der Waals surface area contributed by atoms with E-state index in [-0.39, 0.29) is 5.91 Å². The summed E-state index contributed by atoms with van der Waals surface area (Å²) in [5.41, 5.74) is 2.68. The molecule has 1 rings (SSSR count). The van der Waals surface area contributed by atoms with Gasteiger partial charge >= 0.3 is 0 Å². The summed E-state index contributed by atoms with van der Waals surface area (Å²) in [4.78, 5) is 11.8. The summed E-state index contributed by atoms with van der Waals surface area (Å²) in [5, 5.41) is 2.84. The number of allylic oxidation sites excluding steroid dienone is 2. The van der Waals surface area contributed by atoms with Crippen molar-refractivity contribution < 1.29 is 4.79 Å². The zero-order valence-electron chi connectivity index (χ0n) is 10.1. The Kier molecular flexibility index (Phi) is 4.95. The molecule has 1 N–H and O–H groups in total. The number of aryl methyl sites for hydroxylation is 1. The van der Waals surface area contributed by atoms with Crippen LogP contribution in [-0.2, 0) is 0 Å². The molecule has 0 aromatic heterocycles. The second-order valence-electron chi connectivity index (χ2n) is 3.73. The molecule has 17 heavy (non-hydrogen) atoms. The van der Waals surface area contributed by atoms with Gasteiger partial charge in [0.15, 0.2) is 0 Å². The molecule has 0 unspecified atom stereocenters. The molecule has 0 radical (unpaired) electrons. The van der Waals surface area contributed by atoms with E-state index >= 15 is 0 Å². The van der Waals surface area contributed by atoms with Gasteiger partial charge in [0, 0.05) is 12.1 Å². The van der Waals surface area contributed by atoms with Crippen LogP contribution in [0.25, 0.3) is 0 Å². The van der Waals surface area contributed by atoms with Gasteiger partial charge in [0.1, 0.15) is 0 Å². The first-order valence-electron chi connectivity index (χ1n) is 5.46. The molecule has 0 atom stereocenters. The summed E-state index contributed by atoms with van der Waals surface area (Å²) in [6, 6.07) is 7.50. The van der Waals surface area contributed by atoms with Crippen LogP contribution in [0.15, 0.2) is 61.2 Å². The standard InChI is InChI=1S/C15H17NO/c1-4-7-13(5-2)11-16-15(17)14-9-6-8-12(3)10-14/h4-10H,1-2,11H2,3H3,(H,16,17)/b13-7+. The second-order valence-corrected chi connectivity index (χ2v) is 3.73. The highest BCUT2D eigenvalue weighted by Gasteiger charge is 2.04. The molecule has 0 saturated heterocycles. The highest BCUT2D eigenvalue weighted by atomic mass is 16.1. The maximum Gasteiger partial charge on any atom is 0.251 e. The molecule has 1 aromatic carbocycles. The van der Waals surface area contributed by atoms with Crippen molar-refractivity contribution in [1.82, 2.24) is 5.32 Å². The van der Waals surface area contributed by atoms with Crippen molar-refractivity contribution in [1.29, 1.82) is 0 Å². The Morgan fingerprint density at radius 1 is 1.41 bits per heavy atom. The fourth-order valence-electron chi connectivity index (χ4n) is 1.42. The third kappa shape index (κ3) is 4.11. The van der Waals surface area contributed by atoms with E-state index in [2.05, 4.69) is 18.5 Å². The number of nitrogens with one attached hydrogen (secondary N) is 1. The number of rotatable bonds is 5. The molecule has 0 heterocycles. The lowest BCUT2D eigenvalue weighted by molar-refractivity contribution is 0.0957. The zero-order valence-corrected chi connectivity index (χ0v) is 10.1. The molecule has 0 aliphatic carbocycles. The van der Waals surface area contributed by atoms with Crippen LogP contribution >= 0.6 is 0 Å². The van der Waals surface area contributed by atoms with E-state index in [1.54, 1.807) is 18.2 Å². The van der Waals surface area contributed by atoms with Crippen LogP contribution in [0, 0.1) is 6.92 Å². The summed E-state index contributed by atoms with van der Waals surface area (Å²) < 4.78 is 0. The van der Waals surface area contributed by atoms with E-state index in [1.807, 2.05) is 31.2 Å². The third-order valence-electron chi connectivity index (χ3n) is 2.33. The molecule has 2 heteroatoms. The van der Waals surface area contributed by atoms with Crippen LogP contribution < -0.4 is 5.32 Å². The minimum atomic E-state index is -0.0782. The van der Waals surface area contributed by atoms with Gasteiger partial charge in [-0.05, 0) is 24.6 Å². The first-order chi connectivity index (χ1) is 8.17. The zero-order chi connectivity index (χ0) is 12.7. The molecule has 0 aliphatic heterocycles. The molecule has 0 aliphatic rings. The summed E-state index contributed by atoms with van der Waals surface area (Å²) >= 11 is 0. The Balaban J connectivity index is 2.64. The van der Waals surface area contributed by atoms with Crippen LogP contribution in [0.4, 0.5) is 0 Å². The molecule has 0 spiro atoms. The number of benzene rings is 1. The van der Waals surface area contributed by atoms with E-state index in [4.69, 9.17) is 0 Å². The van der Waals surface area contributed by atoms with Crippen molar-refractivity contribution in [2.75, 3.05) is 6.54 Å². The molecular weight excluding hydrogens is 210 g/mol. The van der Waals surface area contributed by atoms with Crippen LogP contribution in [0.2, 0.25) is 0 Å². The fraction of sp³-hybridized carbons (Fsp3) is 0.133. The average Bonchev–Trinajstić information content (AvgIpc) is 2.34. The lowest BCUT2D eigenvalue weighted by Gasteiger charge is -2.06. The van der Waals surface area contributed by atoms with Crippen LogP contribution in [-0.4, -0.2) is 12.5 Å². The van der Waals surface area contributed by atoms with Crippen molar-refractivity contribution in [3.63, 3.8) is 0 Å². The molecule has 88 valence electrons. The van der Waals surface area contributed by atoms with Gasteiger partial charge in [-0.15, -0.1) is 0 Å². The normalized spacial score (nSPS) is 10.8. The monoisotopic (exact) mass is 227 g/mol. The maximum atomic E-state index is 11.8. The van der Waals surface area contributed by atoms with Gasteiger partial charge in [-0.25, -0.2) is 0 Å². The SMILES string of the molecule is C=C/C=C(\C=C)CNC(=O)c1cccc(C)c1. The topological polar surface area (TPSA) is 29.1 Å². The number of carbonyl (C=O) groups excluding carboxylic acids is 1. The van der Waals surface area contributed by atoms with Gasteiger partial charge in [0.2, 0.25) is 0 Å². The molecule has 0 fully saturated rings. The van der Waals surface area contributed by atoms with Crippen molar-refractivity contribution in [2.45, 2.75) is 6.92 Å². The molecule has 0 bridgehead atoms.